The number of nitriles is 1. The number of nitrogens with one attached hydrogen (secondary N) is 2. The first-order chi connectivity index (χ1) is 14.8. The van der Waals surface area contributed by atoms with Crippen LogP contribution in [-0.4, -0.2) is 29.3 Å². The van der Waals surface area contributed by atoms with Crippen molar-refractivity contribution >= 4 is 45.9 Å². The van der Waals surface area contributed by atoms with Crippen LogP contribution in [0.25, 0.3) is 10.8 Å². The van der Waals surface area contributed by atoms with Crippen LogP contribution in [0.5, 0.6) is 0 Å². The molecule has 7 nitrogen and oxygen atoms in total. The predicted molar refractivity (Wildman–Crippen MR) is 116 cm³/mol. The summed E-state index contributed by atoms with van der Waals surface area (Å²) in [6.45, 7) is 1.13. The van der Waals surface area contributed by atoms with Gasteiger partial charge in [0, 0.05) is 5.02 Å². The molecule has 3 aromatic carbocycles. The van der Waals surface area contributed by atoms with Gasteiger partial charge in [-0.2, -0.15) is 5.26 Å². The van der Waals surface area contributed by atoms with E-state index in [0.29, 0.717) is 10.6 Å². The Balaban J connectivity index is 1.60. The van der Waals surface area contributed by atoms with E-state index in [2.05, 4.69) is 10.6 Å². The van der Waals surface area contributed by atoms with Gasteiger partial charge >= 0.3 is 6.03 Å². The molecule has 3 aromatic rings. The first-order valence-electron chi connectivity index (χ1n) is 9.45. The van der Waals surface area contributed by atoms with Crippen LogP contribution >= 0.6 is 11.6 Å². The summed E-state index contributed by atoms with van der Waals surface area (Å²) >= 11 is 5.94. The fourth-order valence-electron chi connectivity index (χ4n) is 3.74. The molecule has 0 bridgehead atoms. The van der Waals surface area contributed by atoms with Gasteiger partial charge in [-0.05, 0) is 41.5 Å². The molecule has 0 aromatic heterocycles. The molecule has 1 aliphatic rings. The minimum absolute atomic E-state index is 0.212. The summed E-state index contributed by atoms with van der Waals surface area (Å²) in [4.78, 5) is 39.3. The summed E-state index contributed by atoms with van der Waals surface area (Å²) in [6.07, 6.45) is 0. The number of carbonyl (C=O) groups excluding carboxylic acids is 3. The van der Waals surface area contributed by atoms with E-state index >= 15 is 0 Å². The highest BCUT2D eigenvalue weighted by Gasteiger charge is 2.50. The fraction of sp³-hybridized carbons (Fsp3) is 0.130. The molecule has 154 valence electrons. The van der Waals surface area contributed by atoms with Gasteiger partial charge in [0.2, 0.25) is 5.91 Å². The number of rotatable bonds is 4. The summed E-state index contributed by atoms with van der Waals surface area (Å²) in [7, 11) is 0. The molecule has 31 heavy (non-hydrogen) atoms. The van der Waals surface area contributed by atoms with E-state index in [1.54, 1.807) is 13.0 Å². The second-order valence-corrected chi connectivity index (χ2v) is 7.76. The maximum Gasteiger partial charge on any atom is 0.325 e. The molecule has 1 unspecified atom stereocenters. The number of nitrogens with zero attached hydrogens (tertiary/aromatic N) is 2. The van der Waals surface area contributed by atoms with Crippen molar-refractivity contribution in [1.82, 2.24) is 10.2 Å². The number of amides is 4. The number of urea groups is 1. The van der Waals surface area contributed by atoms with Crippen LogP contribution in [0.2, 0.25) is 5.02 Å². The van der Waals surface area contributed by atoms with Crippen molar-refractivity contribution in [2.75, 3.05) is 11.9 Å². The highest BCUT2D eigenvalue weighted by atomic mass is 35.5. The smallest absolute Gasteiger partial charge is 0.323 e. The van der Waals surface area contributed by atoms with Crippen molar-refractivity contribution in [3.8, 4) is 6.07 Å². The lowest BCUT2D eigenvalue weighted by molar-refractivity contribution is -0.133. The first kappa shape index (κ1) is 20.4. The van der Waals surface area contributed by atoms with Crippen LogP contribution in [-0.2, 0) is 15.1 Å². The Bertz CT molecular complexity index is 1280. The summed E-state index contributed by atoms with van der Waals surface area (Å²) in [6, 6.07) is 18.8. The van der Waals surface area contributed by atoms with Gasteiger partial charge in [0.25, 0.3) is 5.91 Å². The average molecular weight is 433 g/mol. The maximum atomic E-state index is 13.2. The number of benzene rings is 3. The van der Waals surface area contributed by atoms with Crippen molar-refractivity contribution < 1.29 is 14.4 Å². The SMILES string of the molecule is CC1(c2cccc3ccccc23)NC(=O)N(CC(=O)Nc2cc(Cl)ccc2C#N)C1=O. The summed E-state index contributed by atoms with van der Waals surface area (Å²) in [5, 5.41) is 16.6. The fourth-order valence-corrected chi connectivity index (χ4v) is 3.91. The van der Waals surface area contributed by atoms with Crippen LogP contribution in [0.1, 0.15) is 18.1 Å². The number of hydrogen-bond donors (Lipinski definition) is 2. The molecule has 8 heteroatoms. The minimum atomic E-state index is -1.31. The molecule has 1 aliphatic heterocycles. The minimum Gasteiger partial charge on any atom is -0.323 e. The van der Waals surface area contributed by atoms with E-state index < -0.39 is 29.9 Å². The summed E-state index contributed by atoms with van der Waals surface area (Å²) in [5.41, 5.74) is -0.237. The van der Waals surface area contributed by atoms with Crippen LogP contribution < -0.4 is 10.6 Å². The van der Waals surface area contributed by atoms with E-state index in [1.807, 2.05) is 42.5 Å². The molecule has 0 radical (unpaired) electrons. The zero-order chi connectivity index (χ0) is 22.2. The van der Waals surface area contributed by atoms with Crippen molar-refractivity contribution in [3.05, 3.63) is 76.8 Å². The standard InChI is InChI=1S/C23H17ClN4O3/c1-23(18-8-4-6-14-5-2-3-7-17(14)18)21(30)28(22(31)27-23)13-20(29)26-19-11-16(24)10-9-15(19)12-25/h2-11H,13H2,1H3,(H,26,29)(H,27,31). The highest BCUT2D eigenvalue weighted by Crippen LogP contribution is 2.33. The van der Waals surface area contributed by atoms with Gasteiger partial charge in [-0.3, -0.25) is 14.5 Å². The van der Waals surface area contributed by atoms with Crippen molar-refractivity contribution in [2.45, 2.75) is 12.5 Å². The van der Waals surface area contributed by atoms with Crippen molar-refractivity contribution in [1.29, 1.82) is 5.26 Å². The Morgan fingerprint density at radius 2 is 1.90 bits per heavy atom. The molecule has 1 atom stereocenters. The summed E-state index contributed by atoms with van der Waals surface area (Å²) < 4.78 is 0. The molecule has 1 heterocycles. The number of halogens is 1. The number of anilines is 1. The number of carbonyl (C=O) groups is 3. The van der Waals surface area contributed by atoms with E-state index in [1.165, 1.54) is 18.2 Å². The Morgan fingerprint density at radius 3 is 2.68 bits per heavy atom. The molecule has 0 spiro atoms. The second kappa shape index (κ2) is 7.74. The van der Waals surface area contributed by atoms with Crippen molar-refractivity contribution in [3.63, 3.8) is 0 Å². The van der Waals surface area contributed by atoms with Crippen LogP contribution in [0, 0.1) is 11.3 Å². The van der Waals surface area contributed by atoms with Gasteiger partial charge in [0.05, 0.1) is 11.3 Å². The Hall–Kier alpha value is -3.89. The lowest BCUT2D eigenvalue weighted by atomic mass is 9.88. The highest BCUT2D eigenvalue weighted by molar-refractivity contribution is 6.31. The molecule has 2 N–H and O–H groups in total. The van der Waals surface area contributed by atoms with Gasteiger partial charge in [-0.15, -0.1) is 0 Å². The molecule has 4 rings (SSSR count). The van der Waals surface area contributed by atoms with Gasteiger partial charge in [-0.1, -0.05) is 54.1 Å². The third kappa shape index (κ3) is 3.58. The zero-order valence-corrected chi connectivity index (χ0v) is 17.2. The lowest BCUT2D eigenvalue weighted by Crippen LogP contribution is -2.42. The molecule has 4 amide bonds. The first-order valence-corrected chi connectivity index (χ1v) is 9.83. The number of hydrogen-bond acceptors (Lipinski definition) is 4. The van der Waals surface area contributed by atoms with Crippen LogP contribution in [0.15, 0.2) is 60.7 Å². The van der Waals surface area contributed by atoms with Crippen LogP contribution in [0.3, 0.4) is 0 Å². The van der Waals surface area contributed by atoms with E-state index in [9.17, 15) is 19.6 Å². The predicted octanol–water partition coefficient (Wildman–Crippen LogP) is 3.77. The van der Waals surface area contributed by atoms with Gasteiger partial charge in [0.15, 0.2) is 0 Å². The molecular weight excluding hydrogens is 416 g/mol. The quantitative estimate of drug-likeness (QED) is 0.612. The summed E-state index contributed by atoms with van der Waals surface area (Å²) in [5.74, 6) is -1.15. The molecule has 0 saturated carbocycles. The van der Waals surface area contributed by atoms with E-state index in [0.717, 1.165) is 15.7 Å². The Kier molecular flexibility index (Phi) is 5.09. The van der Waals surface area contributed by atoms with Gasteiger partial charge in [-0.25, -0.2) is 4.79 Å². The van der Waals surface area contributed by atoms with E-state index in [4.69, 9.17) is 11.6 Å². The normalized spacial score (nSPS) is 18.0. The third-order valence-electron chi connectivity index (χ3n) is 5.28. The monoisotopic (exact) mass is 432 g/mol. The molecule has 0 aliphatic carbocycles. The topological polar surface area (TPSA) is 102 Å². The largest absolute Gasteiger partial charge is 0.325 e. The maximum absolute atomic E-state index is 13.2. The Morgan fingerprint density at radius 1 is 1.16 bits per heavy atom. The lowest BCUT2D eigenvalue weighted by Gasteiger charge is -2.24. The molecular formula is C23H17ClN4O3. The van der Waals surface area contributed by atoms with Crippen LogP contribution in [0.4, 0.5) is 10.5 Å². The second-order valence-electron chi connectivity index (χ2n) is 7.32. The zero-order valence-electron chi connectivity index (χ0n) is 16.5. The number of fused-ring (bicyclic) bond motifs is 1. The Labute approximate surface area is 183 Å². The number of imide groups is 1. The molecule has 1 saturated heterocycles. The average Bonchev–Trinajstić information content (AvgIpc) is 2.97. The third-order valence-corrected chi connectivity index (χ3v) is 5.52. The van der Waals surface area contributed by atoms with Gasteiger partial charge in [0.1, 0.15) is 18.2 Å². The van der Waals surface area contributed by atoms with E-state index in [-0.39, 0.29) is 11.3 Å². The van der Waals surface area contributed by atoms with Gasteiger partial charge < -0.3 is 10.6 Å². The molecule has 1 fully saturated rings. The van der Waals surface area contributed by atoms with Crippen molar-refractivity contribution in [2.24, 2.45) is 0 Å².